The van der Waals surface area contributed by atoms with Gasteiger partial charge in [-0.15, -0.1) is 0 Å². The number of carbonyl (C=O) groups is 1. The normalized spacial score (nSPS) is 22.2. The number of likely N-dealkylation sites (tertiary alicyclic amines) is 1. The number of amides is 1. The molecule has 4 nitrogen and oxygen atoms in total. The Morgan fingerprint density at radius 2 is 1.88 bits per heavy atom. The molecule has 98 valence electrons. The number of nitrogens with zero attached hydrogens (tertiary/aromatic N) is 2. The minimum Gasteiger partial charge on any atom is -0.342 e. The first-order chi connectivity index (χ1) is 8.15. The first kappa shape index (κ1) is 12.8. The summed E-state index contributed by atoms with van der Waals surface area (Å²) in [5.74, 6) is 1.06. The summed E-state index contributed by atoms with van der Waals surface area (Å²) >= 11 is 0. The van der Waals surface area contributed by atoms with Gasteiger partial charge in [0.15, 0.2) is 0 Å². The zero-order valence-electron chi connectivity index (χ0n) is 11.1. The number of hydrogen-bond donors (Lipinski definition) is 1. The summed E-state index contributed by atoms with van der Waals surface area (Å²) in [6, 6.07) is 0.630. The Morgan fingerprint density at radius 1 is 1.24 bits per heavy atom. The highest BCUT2D eigenvalue weighted by molar-refractivity contribution is 5.78. The molecule has 0 aromatic carbocycles. The summed E-state index contributed by atoms with van der Waals surface area (Å²) in [4.78, 5) is 16.2. The Hall–Kier alpha value is -0.610. The van der Waals surface area contributed by atoms with Gasteiger partial charge in [-0.3, -0.25) is 4.79 Å². The van der Waals surface area contributed by atoms with E-state index in [0.717, 1.165) is 38.4 Å². The van der Waals surface area contributed by atoms with E-state index in [2.05, 4.69) is 24.3 Å². The fourth-order valence-electron chi connectivity index (χ4n) is 2.51. The average Bonchev–Trinajstić information content (AvgIpc) is 3.10. The molecule has 1 heterocycles. The third-order valence-electron chi connectivity index (χ3n) is 3.71. The van der Waals surface area contributed by atoms with Gasteiger partial charge in [0.05, 0.1) is 6.54 Å². The van der Waals surface area contributed by atoms with Gasteiger partial charge in [-0.25, -0.2) is 0 Å². The molecule has 2 fully saturated rings. The van der Waals surface area contributed by atoms with Crippen LogP contribution < -0.4 is 5.32 Å². The van der Waals surface area contributed by atoms with E-state index < -0.39 is 0 Å². The molecule has 1 N–H and O–H groups in total. The Labute approximate surface area is 104 Å². The fourth-order valence-corrected chi connectivity index (χ4v) is 2.51. The Morgan fingerprint density at radius 3 is 2.41 bits per heavy atom. The van der Waals surface area contributed by atoms with Crippen molar-refractivity contribution in [3.63, 3.8) is 0 Å². The van der Waals surface area contributed by atoms with Crippen molar-refractivity contribution < 1.29 is 4.79 Å². The molecule has 1 aliphatic carbocycles. The van der Waals surface area contributed by atoms with Crippen molar-refractivity contribution in [1.29, 1.82) is 0 Å². The van der Waals surface area contributed by atoms with E-state index in [1.807, 2.05) is 4.90 Å². The molecule has 0 radical (unpaired) electrons. The Bertz CT molecular complexity index is 255. The van der Waals surface area contributed by atoms with Crippen LogP contribution in [0.2, 0.25) is 0 Å². The van der Waals surface area contributed by atoms with Crippen molar-refractivity contribution in [2.24, 2.45) is 5.92 Å². The van der Waals surface area contributed by atoms with Crippen molar-refractivity contribution >= 4 is 5.91 Å². The zero-order chi connectivity index (χ0) is 12.3. The van der Waals surface area contributed by atoms with Crippen molar-refractivity contribution in [2.75, 3.05) is 40.3 Å². The van der Waals surface area contributed by atoms with E-state index in [4.69, 9.17) is 0 Å². The SMILES string of the molecule is CN(C)CC1CCN(C(=O)CNC2CC2)CC1. The fraction of sp³-hybridized carbons (Fsp3) is 0.923. The maximum Gasteiger partial charge on any atom is 0.236 e. The van der Waals surface area contributed by atoms with Gasteiger partial charge in [0.25, 0.3) is 0 Å². The van der Waals surface area contributed by atoms with Gasteiger partial charge in [-0.1, -0.05) is 0 Å². The van der Waals surface area contributed by atoms with Crippen molar-refractivity contribution in [3.8, 4) is 0 Å². The smallest absolute Gasteiger partial charge is 0.236 e. The lowest BCUT2D eigenvalue weighted by Crippen LogP contribution is -2.44. The van der Waals surface area contributed by atoms with Crippen molar-refractivity contribution in [1.82, 2.24) is 15.1 Å². The van der Waals surface area contributed by atoms with E-state index in [-0.39, 0.29) is 0 Å². The second kappa shape index (κ2) is 5.83. The zero-order valence-corrected chi connectivity index (χ0v) is 11.1. The monoisotopic (exact) mass is 239 g/mol. The van der Waals surface area contributed by atoms with Crippen LogP contribution in [0.5, 0.6) is 0 Å². The average molecular weight is 239 g/mol. The van der Waals surface area contributed by atoms with Crippen LogP contribution in [0.3, 0.4) is 0 Å². The molecule has 0 atom stereocenters. The summed E-state index contributed by atoms with van der Waals surface area (Å²) in [6.45, 7) is 3.60. The molecule has 0 spiro atoms. The minimum atomic E-state index is 0.292. The molecular formula is C13H25N3O. The largest absolute Gasteiger partial charge is 0.342 e. The van der Waals surface area contributed by atoms with Crippen molar-refractivity contribution in [2.45, 2.75) is 31.7 Å². The third-order valence-corrected chi connectivity index (χ3v) is 3.71. The summed E-state index contributed by atoms with van der Waals surface area (Å²) < 4.78 is 0. The summed E-state index contributed by atoms with van der Waals surface area (Å²) in [5.41, 5.74) is 0. The van der Waals surface area contributed by atoms with Crippen LogP contribution in [0.4, 0.5) is 0 Å². The molecule has 0 unspecified atom stereocenters. The highest BCUT2D eigenvalue weighted by Crippen LogP contribution is 2.19. The molecule has 1 amide bonds. The maximum atomic E-state index is 11.9. The van der Waals surface area contributed by atoms with Crippen LogP contribution in [0.1, 0.15) is 25.7 Å². The topological polar surface area (TPSA) is 35.6 Å². The molecule has 0 aromatic heterocycles. The predicted molar refractivity (Wildman–Crippen MR) is 68.9 cm³/mol. The van der Waals surface area contributed by atoms with Crippen LogP contribution in [-0.2, 0) is 4.79 Å². The minimum absolute atomic E-state index is 0.292. The van der Waals surface area contributed by atoms with Crippen LogP contribution in [0.15, 0.2) is 0 Å². The van der Waals surface area contributed by atoms with Crippen molar-refractivity contribution in [3.05, 3.63) is 0 Å². The lowest BCUT2D eigenvalue weighted by molar-refractivity contribution is -0.131. The highest BCUT2D eigenvalue weighted by Gasteiger charge is 2.25. The predicted octanol–water partition coefficient (Wildman–Crippen LogP) is 0.539. The first-order valence-electron chi connectivity index (χ1n) is 6.81. The quantitative estimate of drug-likeness (QED) is 0.760. The molecule has 17 heavy (non-hydrogen) atoms. The van der Waals surface area contributed by atoms with Gasteiger partial charge in [-0.05, 0) is 45.7 Å². The van der Waals surface area contributed by atoms with E-state index in [9.17, 15) is 4.79 Å². The maximum absolute atomic E-state index is 11.9. The molecule has 1 saturated carbocycles. The molecule has 0 aromatic rings. The van der Waals surface area contributed by atoms with E-state index >= 15 is 0 Å². The summed E-state index contributed by atoms with van der Waals surface area (Å²) in [6.07, 6.45) is 4.82. The standard InChI is InChI=1S/C13H25N3O/c1-15(2)10-11-5-7-16(8-6-11)13(17)9-14-12-3-4-12/h11-12,14H,3-10H2,1-2H3. The molecule has 1 aliphatic heterocycles. The second-order valence-corrected chi connectivity index (χ2v) is 5.74. The Balaban J connectivity index is 1.64. The lowest BCUT2D eigenvalue weighted by Gasteiger charge is -2.33. The lowest BCUT2D eigenvalue weighted by atomic mass is 9.96. The molecule has 0 bridgehead atoms. The number of piperidine rings is 1. The summed E-state index contributed by atoms with van der Waals surface area (Å²) in [7, 11) is 4.24. The molecule has 2 aliphatic rings. The van der Waals surface area contributed by atoms with E-state index in [1.165, 1.54) is 12.8 Å². The first-order valence-corrected chi connectivity index (χ1v) is 6.81. The number of hydrogen-bond acceptors (Lipinski definition) is 3. The highest BCUT2D eigenvalue weighted by atomic mass is 16.2. The Kier molecular flexibility index (Phi) is 4.40. The van der Waals surface area contributed by atoms with Gasteiger partial charge in [0, 0.05) is 25.7 Å². The van der Waals surface area contributed by atoms with Gasteiger partial charge in [-0.2, -0.15) is 0 Å². The molecular weight excluding hydrogens is 214 g/mol. The molecule has 2 rings (SSSR count). The van der Waals surface area contributed by atoms with Crippen LogP contribution in [0.25, 0.3) is 0 Å². The number of nitrogens with one attached hydrogen (secondary N) is 1. The van der Waals surface area contributed by atoms with Gasteiger partial charge >= 0.3 is 0 Å². The number of carbonyl (C=O) groups excluding carboxylic acids is 1. The molecule has 1 saturated heterocycles. The third kappa shape index (κ3) is 4.28. The van der Waals surface area contributed by atoms with Crippen LogP contribution in [0, 0.1) is 5.92 Å². The van der Waals surface area contributed by atoms with E-state index in [0.29, 0.717) is 18.5 Å². The summed E-state index contributed by atoms with van der Waals surface area (Å²) in [5, 5.41) is 3.30. The second-order valence-electron chi connectivity index (χ2n) is 5.74. The van der Waals surface area contributed by atoms with Crippen LogP contribution >= 0.6 is 0 Å². The van der Waals surface area contributed by atoms with Gasteiger partial charge in [0.2, 0.25) is 5.91 Å². The number of rotatable bonds is 5. The van der Waals surface area contributed by atoms with Gasteiger partial charge < -0.3 is 15.1 Å². The molecule has 4 heteroatoms. The van der Waals surface area contributed by atoms with Gasteiger partial charge in [0.1, 0.15) is 0 Å². The van der Waals surface area contributed by atoms with E-state index in [1.54, 1.807) is 0 Å². The van der Waals surface area contributed by atoms with Crippen LogP contribution in [-0.4, -0.2) is 62.0 Å².